The lowest BCUT2D eigenvalue weighted by atomic mass is 9.90. The molecule has 0 saturated heterocycles. The highest BCUT2D eigenvalue weighted by molar-refractivity contribution is 8.77. The average Bonchev–Trinajstić information content (AvgIpc) is 2.50. The fourth-order valence-corrected chi connectivity index (χ4v) is 6.06. The maximum atomic E-state index is 6.10. The highest BCUT2D eigenvalue weighted by Gasteiger charge is 2.22. The molecule has 0 aromatic carbocycles. The van der Waals surface area contributed by atoms with Crippen LogP contribution in [0, 0.1) is 5.92 Å². The largest absolute Gasteiger partial charge is 0.127 e. The molecule has 1 atom stereocenters. The van der Waals surface area contributed by atoms with Crippen molar-refractivity contribution in [3.8, 4) is 0 Å². The molecule has 1 unspecified atom stereocenters. The Morgan fingerprint density at radius 3 is 1.68 bits per heavy atom. The molecule has 0 aliphatic rings. The number of hydrogen-bond donors (Lipinski definition) is 0. The van der Waals surface area contributed by atoms with Crippen molar-refractivity contribution >= 4 is 33.2 Å². The Balaban J connectivity index is 4.36. The van der Waals surface area contributed by atoms with Crippen LogP contribution >= 0.6 is 33.2 Å². The summed E-state index contributed by atoms with van der Waals surface area (Å²) < 4.78 is 0. The quantitative estimate of drug-likeness (QED) is 0.153. The van der Waals surface area contributed by atoms with Gasteiger partial charge in [-0.15, -0.1) is 11.6 Å². The van der Waals surface area contributed by atoms with Gasteiger partial charge in [0.2, 0.25) is 0 Å². The lowest BCUT2D eigenvalue weighted by Gasteiger charge is -2.27. The van der Waals surface area contributed by atoms with E-state index in [2.05, 4.69) is 49.3 Å². The SMILES string of the molecule is CCCCCCC(CCCCCC)C(CCCl)SSC(C)C. The Morgan fingerprint density at radius 1 is 0.727 bits per heavy atom. The van der Waals surface area contributed by atoms with E-state index < -0.39 is 0 Å². The molecule has 0 bridgehead atoms. The van der Waals surface area contributed by atoms with Crippen LogP contribution in [-0.4, -0.2) is 16.4 Å². The molecule has 0 aromatic rings. The topological polar surface area (TPSA) is 0 Å². The van der Waals surface area contributed by atoms with Gasteiger partial charge in [0.05, 0.1) is 0 Å². The third-order valence-corrected chi connectivity index (χ3v) is 7.96. The van der Waals surface area contributed by atoms with Crippen LogP contribution in [0.4, 0.5) is 0 Å². The first-order valence-electron chi connectivity index (χ1n) is 9.53. The summed E-state index contributed by atoms with van der Waals surface area (Å²) in [5, 5.41) is 1.47. The van der Waals surface area contributed by atoms with Crippen LogP contribution in [0.15, 0.2) is 0 Å². The van der Waals surface area contributed by atoms with Crippen LogP contribution < -0.4 is 0 Å². The molecule has 0 aliphatic carbocycles. The second-order valence-electron chi connectivity index (χ2n) is 6.72. The maximum Gasteiger partial charge on any atom is 0.0234 e. The maximum absolute atomic E-state index is 6.10. The van der Waals surface area contributed by atoms with Crippen molar-refractivity contribution in [2.24, 2.45) is 5.92 Å². The summed E-state index contributed by atoms with van der Waals surface area (Å²) in [5.41, 5.74) is 0. The number of hydrogen-bond acceptors (Lipinski definition) is 2. The van der Waals surface area contributed by atoms with E-state index in [1.807, 2.05) is 0 Å². The van der Waals surface area contributed by atoms with Crippen LogP contribution in [-0.2, 0) is 0 Å². The zero-order valence-corrected chi connectivity index (χ0v) is 17.8. The van der Waals surface area contributed by atoms with E-state index in [1.165, 1.54) is 70.6 Å². The molecule has 0 aromatic heterocycles. The molecule has 0 radical (unpaired) electrons. The normalized spacial score (nSPS) is 13.2. The summed E-state index contributed by atoms with van der Waals surface area (Å²) in [6.45, 7) is 9.20. The van der Waals surface area contributed by atoms with Gasteiger partial charge in [0.1, 0.15) is 0 Å². The van der Waals surface area contributed by atoms with Gasteiger partial charge in [0.15, 0.2) is 0 Å². The summed E-state index contributed by atoms with van der Waals surface area (Å²) in [7, 11) is 4.18. The third kappa shape index (κ3) is 13.4. The molecule has 0 nitrogen and oxygen atoms in total. The second kappa shape index (κ2) is 16.8. The van der Waals surface area contributed by atoms with E-state index in [4.69, 9.17) is 11.6 Å². The van der Waals surface area contributed by atoms with E-state index in [0.717, 1.165) is 17.0 Å². The van der Waals surface area contributed by atoms with Crippen molar-refractivity contribution in [1.29, 1.82) is 0 Å². The highest BCUT2D eigenvalue weighted by Crippen LogP contribution is 2.40. The molecule has 3 heteroatoms. The Hall–Kier alpha value is 0.990. The van der Waals surface area contributed by atoms with E-state index >= 15 is 0 Å². The molecule has 0 aliphatic heterocycles. The fraction of sp³-hybridized carbons (Fsp3) is 1.00. The molecule has 22 heavy (non-hydrogen) atoms. The number of halogens is 1. The van der Waals surface area contributed by atoms with Gasteiger partial charge in [-0.3, -0.25) is 0 Å². The number of alkyl halides is 1. The summed E-state index contributed by atoms with van der Waals surface area (Å²) in [5.74, 6) is 1.69. The zero-order valence-electron chi connectivity index (χ0n) is 15.4. The Morgan fingerprint density at radius 2 is 1.27 bits per heavy atom. The van der Waals surface area contributed by atoms with Crippen molar-refractivity contribution in [3.63, 3.8) is 0 Å². The monoisotopic (exact) mass is 366 g/mol. The molecule has 134 valence electrons. The van der Waals surface area contributed by atoms with Crippen LogP contribution in [0.1, 0.15) is 98.3 Å². The predicted molar refractivity (Wildman–Crippen MR) is 110 cm³/mol. The van der Waals surface area contributed by atoms with E-state index in [9.17, 15) is 0 Å². The Labute approximate surface area is 153 Å². The van der Waals surface area contributed by atoms with Gasteiger partial charge in [0.25, 0.3) is 0 Å². The fourth-order valence-electron chi connectivity index (χ4n) is 2.84. The first kappa shape index (κ1) is 23.0. The van der Waals surface area contributed by atoms with Gasteiger partial charge in [-0.25, -0.2) is 0 Å². The molecule has 0 saturated carbocycles. The van der Waals surface area contributed by atoms with Crippen LogP contribution in [0.5, 0.6) is 0 Å². The van der Waals surface area contributed by atoms with Crippen molar-refractivity contribution in [3.05, 3.63) is 0 Å². The first-order chi connectivity index (χ1) is 10.7. The minimum atomic E-state index is 0.712. The molecule has 0 heterocycles. The predicted octanol–water partition coefficient (Wildman–Crippen LogP) is 8.33. The third-order valence-electron chi connectivity index (χ3n) is 4.15. The van der Waals surface area contributed by atoms with E-state index in [-0.39, 0.29) is 0 Å². The molecular formula is C19H39ClS2. The highest BCUT2D eigenvalue weighted by atomic mass is 35.5. The van der Waals surface area contributed by atoms with Gasteiger partial charge in [-0.05, 0) is 25.2 Å². The van der Waals surface area contributed by atoms with Gasteiger partial charge in [0, 0.05) is 16.4 Å². The smallest absolute Gasteiger partial charge is 0.0234 e. The van der Waals surface area contributed by atoms with E-state index in [1.54, 1.807) is 0 Å². The number of unbranched alkanes of at least 4 members (excludes halogenated alkanes) is 6. The van der Waals surface area contributed by atoms with Gasteiger partial charge in [-0.2, -0.15) is 0 Å². The van der Waals surface area contributed by atoms with Crippen molar-refractivity contribution in [2.75, 3.05) is 5.88 Å². The lowest BCUT2D eigenvalue weighted by Crippen LogP contribution is -2.18. The number of rotatable bonds is 16. The van der Waals surface area contributed by atoms with Crippen molar-refractivity contribution in [2.45, 2.75) is 109 Å². The van der Waals surface area contributed by atoms with Gasteiger partial charge >= 0.3 is 0 Å². The summed E-state index contributed by atoms with van der Waals surface area (Å²) in [4.78, 5) is 0. The van der Waals surface area contributed by atoms with Crippen molar-refractivity contribution < 1.29 is 0 Å². The molecule has 0 fully saturated rings. The standard InChI is InChI=1S/C19H39ClS2/c1-5-7-9-11-13-18(14-12-10-8-6-2)19(15-16-20)22-21-17(3)4/h17-19H,5-16H2,1-4H3. The molecule has 0 rings (SSSR count). The molecule has 0 amide bonds. The van der Waals surface area contributed by atoms with Crippen molar-refractivity contribution in [1.82, 2.24) is 0 Å². The van der Waals surface area contributed by atoms with Gasteiger partial charge < -0.3 is 0 Å². The average molecular weight is 367 g/mol. The summed E-state index contributed by atoms with van der Waals surface area (Å²) >= 11 is 6.10. The molecule has 0 spiro atoms. The zero-order chi connectivity index (χ0) is 16.6. The van der Waals surface area contributed by atoms with E-state index in [0.29, 0.717) is 5.25 Å². The van der Waals surface area contributed by atoms with Crippen LogP contribution in [0.25, 0.3) is 0 Å². The summed E-state index contributed by atoms with van der Waals surface area (Å²) in [6.07, 6.45) is 15.1. The molecule has 0 N–H and O–H groups in total. The minimum Gasteiger partial charge on any atom is -0.127 e. The van der Waals surface area contributed by atoms with Crippen LogP contribution in [0.2, 0.25) is 0 Å². The lowest BCUT2D eigenvalue weighted by molar-refractivity contribution is 0.390. The minimum absolute atomic E-state index is 0.712. The Kier molecular flexibility index (Phi) is 17.6. The molecular weight excluding hydrogens is 328 g/mol. The second-order valence-corrected chi connectivity index (χ2v) is 10.2. The summed E-state index contributed by atoms with van der Waals surface area (Å²) in [6, 6.07) is 0. The van der Waals surface area contributed by atoms with Crippen LogP contribution in [0.3, 0.4) is 0 Å². The van der Waals surface area contributed by atoms with Gasteiger partial charge in [-0.1, -0.05) is 101 Å². The first-order valence-corrected chi connectivity index (χ1v) is 12.3. The Bertz CT molecular complexity index is 209.